The molecule has 7 nitrogen and oxygen atoms in total. The third kappa shape index (κ3) is 5.48. The Morgan fingerprint density at radius 1 is 1.06 bits per heavy atom. The minimum absolute atomic E-state index is 0.0712. The molecule has 0 bridgehead atoms. The normalized spacial score (nSPS) is 15.1. The van der Waals surface area contributed by atoms with Crippen LogP contribution in [0.5, 0.6) is 11.5 Å². The molecule has 166 valence electrons. The smallest absolute Gasteiger partial charge is 0.318 e. The van der Waals surface area contributed by atoms with E-state index < -0.39 is 6.04 Å². The molecule has 0 saturated heterocycles. The van der Waals surface area contributed by atoms with Gasteiger partial charge in [0.15, 0.2) is 11.5 Å². The van der Waals surface area contributed by atoms with Crippen molar-refractivity contribution in [2.24, 2.45) is 0 Å². The molecule has 1 atom stereocenters. The van der Waals surface area contributed by atoms with Crippen LogP contribution in [0.25, 0.3) is 0 Å². The van der Waals surface area contributed by atoms with Gasteiger partial charge in [-0.15, -0.1) is 0 Å². The van der Waals surface area contributed by atoms with Crippen molar-refractivity contribution in [1.82, 2.24) is 10.2 Å². The average Bonchev–Trinajstić information content (AvgIpc) is 2.79. The number of carbonyl (C=O) groups excluding carboxylic acids is 2. The quantitative estimate of drug-likeness (QED) is 0.649. The van der Waals surface area contributed by atoms with Crippen molar-refractivity contribution in [3.63, 3.8) is 0 Å². The SMILES string of the molecule is CCOc1cc2c(cc1OCC)[C@@H](CC(=O)OC)N(C(=O)NCc1ccccc1)CC2. The first-order valence-corrected chi connectivity index (χ1v) is 10.6. The Hall–Kier alpha value is -3.22. The van der Waals surface area contributed by atoms with E-state index in [2.05, 4.69) is 5.32 Å². The molecular formula is C24H30N2O5. The molecule has 0 aliphatic carbocycles. The maximum absolute atomic E-state index is 13.0. The molecule has 2 aromatic carbocycles. The van der Waals surface area contributed by atoms with E-state index in [4.69, 9.17) is 14.2 Å². The van der Waals surface area contributed by atoms with Crippen LogP contribution in [0.15, 0.2) is 42.5 Å². The number of esters is 1. The summed E-state index contributed by atoms with van der Waals surface area (Å²) in [4.78, 5) is 26.9. The Balaban J connectivity index is 1.88. The predicted molar refractivity (Wildman–Crippen MR) is 117 cm³/mol. The van der Waals surface area contributed by atoms with Crippen molar-refractivity contribution in [2.75, 3.05) is 26.9 Å². The standard InChI is InChI=1S/C24H30N2O5/c1-4-30-21-13-18-11-12-26(24(28)25-16-17-9-7-6-8-10-17)20(15-23(27)29-3)19(18)14-22(21)31-5-2/h6-10,13-14,20H,4-5,11-12,15-16H2,1-3H3,(H,25,28)/t20-/m1/s1. The van der Waals surface area contributed by atoms with Gasteiger partial charge < -0.3 is 24.4 Å². The zero-order valence-electron chi connectivity index (χ0n) is 18.3. The summed E-state index contributed by atoms with van der Waals surface area (Å²) in [7, 11) is 1.36. The number of methoxy groups -OCH3 is 1. The summed E-state index contributed by atoms with van der Waals surface area (Å²) in [5, 5.41) is 2.97. The van der Waals surface area contributed by atoms with Crippen LogP contribution in [0.3, 0.4) is 0 Å². The molecule has 7 heteroatoms. The first-order valence-electron chi connectivity index (χ1n) is 10.6. The first-order chi connectivity index (χ1) is 15.1. The van der Waals surface area contributed by atoms with Gasteiger partial charge in [-0.1, -0.05) is 30.3 Å². The van der Waals surface area contributed by atoms with Crippen molar-refractivity contribution in [1.29, 1.82) is 0 Å². The van der Waals surface area contributed by atoms with Crippen LogP contribution < -0.4 is 14.8 Å². The van der Waals surface area contributed by atoms with E-state index in [9.17, 15) is 9.59 Å². The van der Waals surface area contributed by atoms with Gasteiger partial charge in [0, 0.05) is 13.1 Å². The maximum Gasteiger partial charge on any atom is 0.318 e. The third-order valence-corrected chi connectivity index (χ3v) is 5.30. The number of carbonyl (C=O) groups is 2. The molecule has 1 N–H and O–H groups in total. The molecule has 0 radical (unpaired) electrons. The zero-order chi connectivity index (χ0) is 22.2. The fourth-order valence-corrected chi connectivity index (χ4v) is 3.83. The average molecular weight is 427 g/mol. The van der Waals surface area contributed by atoms with Gasteiger partial charge in [-0.25, -0.2) is 4.79 Å². The van der Waals surface area contributed by atoms with Gasteiger partial charge in [-0.2, -0.15) is 0 Å². The fraction of sp³-hybridized carbons (Fsp3) is 0.417. The van der Waals surface area contributed by atoms with E-state index in [1.54, 1.807) is 4.90 Å². The molecule has 2 aromatic rings. The Labute approximate surface area is 183 Å². The second kappa shape index (κ2) is 10.7. The van der Waals surface area contributed by atoms with E-state index >= 15 is 0 Å². The number of urea groups is 1. The number of ether oxygens (including phenoxy) is 3. The van der Waals surface area contributed by atoms with E-state index in [1.807, 2.05) is 56.3 Å². The summed E-state index contributed by atoms with van der Waals surface area (Å²) in [5.41, 5.74) is 2.95. The van der Waals surface area contributed by atoms with Crippen molar-refractivity contribution >= 4 is 12.0 Å². The number of amides is 2. The van der Waals surface area contributed by atoms with Gasteiger partial charge in [0.2, 0.25) is 0 Å². The molecular weight excluding hydrogens is 396 g/mol. The lowest BCUT2D eigenvalue weighted by Gasteiger charge is -2.37. The van der Waals surface area contributed by atoms with Crippen LogP contribution >= 0.6 is 0 Å². The number of hydrogen-bond donors (Lipinski definition) is 1. The van der Waals surface area contributed by atoms with E-state index in [1.165, 1.54) is 7.11 Å². The molecule has 0 spiro atoms. The topological polar surface area (TPSA) is 77.1 Å². The van der Waals surface area contributed by atoms with Crippen molar-refractivity contribution in [2.45, 2.75) is 39.3 Å². The lowest BCUT2D eigenvalue weighted by molar-refractivity contribution is -0.141. The summed E-state index contributed by atoms with van der Waals surface area (Å²) in [6.45, 7) is 5.76. The number of nitrogens with zero attached hydrogens (tertiary/aromatic N) is 1. The van der Waals surface area contributed by atoms with E-state index in [0.717, 1.165) is 16.7 Å². The molecule has 2 amide bonds. The largest absolute Gasteiger partial charge is 0.490 e. The van der Waals surface area contributed by atoms with Crippen LogP contribution in [0.1, 0.15) is 43.0 Å². The number of nitrogens with one attached hydrogen (secondary N) is 1. The van der Waals surface area contributed by atoms with Gasteiger partial charge in [0.25, 0.3) is 0 Å². The monoisotopic (exact) mass is 426 g/mol. The van der Waals surface area contributed by atoms with Crippen molar-refractivity contribution in [3.05, 3.63) is 59.2 Å². The molecule has 1 heterocycles. The summed E-state index contributed by atoms with van der Waals surface area (Å²) in [6, 6.07) is 12.9. The highest BCUT2D eigenvalue weighted by atomic mass is 16.5. The number of benzene rings is 2. The zero-order valence-corrected chi connectivity index (χ0v) is 18.3. The minimum Gasteiger partial charge on any atom is -0.490 e. The maximum atomic E-state index is 13.0. The molecule has 1 aliphatic rings. The van der Waals surface area contributed by atoms with Crippen molar-refractivity contribution in [3.8, 4) is 11.5 Å². The Morgan fingerprint density at radius 3 is 2.39 bits per heavy atom. The van der Waals surface area contributed by atoms with Crippen LogP contribution in [0.2, 0.25) is 0 Å². The summed E-state index contributed by atoms with van der Waals surface area (Å²) in [6.07, 6.45) is 0.736. The van der Waals surface area contributed by atoms with Gasteiger partial charge >= 0.3 is 12.0 Å². The second-order valence-corrected chi connectivity index (χ2v) is 7.25. The number of hydrogen-bond acceptors (Lipinski definition) is 5. The van der Waals surface area contributed by atoms with Gasteiger partial charge in [0.05, 0.1) is 32.8 Å². The van der Waals surface area contributed by atoms with Crippen molar-refractivity contribution < 1.29 is 23.8 Å². The minimum atomic E-state index is -0.443. The highest BCUT2D eigenvalue weighted by molar-refractivity contribution is 5.77. The van der Waals surface area contributed by atoms with Gasteiger partial charge in [0.1, 0.15) is 0 Å². The fourth-order valence-electron chi connectivity index (χ4n) is 3.83. The molecule has 3 rings (SSSR count). The predicted octanol–water partition coefficient (Wildman–Crippen LogP) is 3.86. The first kappa shape index (κ1) is 22.5. The summed E-state index contributed by atoms with van der Waals surface area (Å²) >= 11 is 0. The van der Waals surface area contributed by atoms with Gasteiger partial charge in [-0.3, -0.25) is 4.79 Å². The molecule has 31 heavy (non-hydrogen) atoms. The molecule has 0 aromatic heterocycles. The lowest BCUT2D eigenvalue weighted by atomic mass is 9.90. The lowest BCUT2D eigenvalue weighted by Crippen LogP contribution is -2.46. The molecule has 1 aliphatic heterocycles. The van der Waals surface area contributed by atoms with Crippen LogP contribution in [-0.2, 0) is 22.5 Å². The van der Waals surface area contributed by atoms with Crippen LogP contribution in [0.4, 0.5) is 4.79 Å². The summed E-state index contributed by atoms with van der Waals surface area (Å²) < 4.78 is 16.4. The van der Waals surface area contributed by atoms with Crippen LogP contribution in [0, 0.1) is 0 Å². The van der Waals surface area contributed by atoms with Crippen LogP contribution in [-0.4, -0.2) is 43.8 Å². The second-order valence-electron chi connectivity index (χ2n) is 7.25. The molecule has 0 saturated carbocycles. The Morgan fingerprint density at radius 2 is 1.74 bits per heavy atom. The van der Waals surface area contributed by atoms with E-state index in [0.29, 0.717) is 44.2 Å². The highest BCUT2D eigenvalue weighted by Crippen LogP contribution is 2.40. The number of rotatable bonds is 8. The summed E-state index contributed by atoms with van der Waals surface area (Å²) in [5.74, 6) is 0.928. The molecule has 0 unspecified atom stereocenters. The Bertz CT molecular complexity index is 900. The molecule has 0 fully saturated rings. The van der Waals surface area contributed by atoms with E-state index in [-0.39, 0.29) is 18.4 Å². The highest BCUT2D eigenvalue weighted by Gasteiger charge is 2.34. The third-order valence-electron chi connectivity index (χ3n) is 5.30. The number of fused-ring (bicyclic) bond motifs is 1. The Kier molecular flexibility index (Phi) is 7.76. The van der Waals surface area contributed by atoms with Gasteiger partial charge in [-0.05, 0) is 49.1 Å².